The Morgan fingerprint density at radius 1 is 1.04 bits per heavy atom. The van der Waals surface area contributed by atoms with Crippen molar-refractivity contribution in [2.24, 2.45) is 0 Å². The van der Waals surface area contributed by atoms with E-state index in [-0.39, 0.29) is 19.0 Å². The first-order valence-electron chi connectivity index (χ1n) is 8.68. The lowest BCUT2D eigenvalue weighted by atomic mass is 10.0. The zero-order valence-electron chi connectivity index (χ0n) is 15.6. The molecule has 7 nitrogen and oxygen atoms in total. The summed E-state index contributed by atoms with van der Waals surface area (Å²) >= 11 is 0. The van der Waals surface area contributed by atoms with Crippen LogP contribution in [0.25, 0.3) is 0 Å². The van der Waals surface area contributed by atoms with Gasteiger partial charge in [-0.25, -0.2) is 4.79 Å². The molecule has 2 aromatic carbocycles. The first-order chi connectivity index (χ1) is 13.4. The third kappa shape index (κ3) is 5.68. The van der Waals surface area contributed by atoms with E-state index in [0.29, 0.717) is 22.4 Å². The summed E-state index contributed by atoms with van der Waals surface area (Å²) < 4.78 is 10.0. The van der Waals surface area contributed by atoms with Gasteiger partial charge in [-0.15, -0.1) is 0 Å². The zero-order chi connectivity index (χ0) is 20.5. The van der Waals surface area contributed by atoms with Crippen LogP contribution < -0.4 is 10.1 Å². The minimum absolute atomic E-state index is 0.210. The summed E-state index contributed by atoms with van der Waals surface area (Å²) in [6.45, 7) is 3.37. The zero-order valence-corrected chi connectivity index (χ0v) is 15.6. The smallest absolute Gasteiger partial charge is 0.344 e. The Morgan fingerprint density at radius 3 is 2.21 bits per heavy atom. The summed E-state index contributed by atoms with van der Waals surface area (Å²) in [5, 5.41) is 11.4. The maximum atomic E-state index is 12.5. The number of ketones is 1. The average molecular weight is 380 g/mol. The van der Waals surface area contributed by atoms with E-state index in [2.05, 4.69) is 5.32 Å². The lowest BCUT2D eigenvalue weighted by Crippen LogP contribution is -2.38. The van der Waals surface area contributed by atoms with Crippen molar-refractivity contribution in [1.29, 1.82) is 5.26 Å². The second kappa shape index (κ2) is 9.88. The van der Waals surface area contributed by atoms with Gasteiger partial charge in [0, 0.05) is 11.1 Å². The number of rotatable bonds is 8. The highest BCUT2D eigenvalue weighted by Crippen LogP contribution is 2.14. The molecular weight excluding hydrogens is 360 g/mol. The molecule has 0 bridgehead atoms. The lowest BCUT2D eigenvalue weighted by molar-refractivity contribution is -0.145. The Labute approximate surface area is 162 Å². The van der Waals surface area contributed by atoms with Gasteiger partial charge in [-0.05, 0) is 62.4 Å². The summed E-state index contributed by atoms with van der Waals surface area (Å²) in [4.78, 5) is 36.0. The third-order valence-electron chi connectivity index (χ3n) is 3.82. The molecule has 1 atom stereocenters. The molecule has 0 aliphatic rings. The van der Waals surface area contributed by atoms with E-state index in [4.69, 9.17) is 14.7 Å². The molecule has 0 heterocycles. The number of carbonyl (C=O) groups excluding carboxylic acids is 3. The number of hydrogen-bond donors (Lipinski definition) is 1. The Balaban J connectivity index is 1.93. The minimum atomic E-state index is -0.741. The number of hydrogen-bond acceptors (Lipinski definition) is 6. The molecule has 1 N–H and O–H groups in total. The van der Waals surface area contributed by atoms with Crippen LogP contribution in [0.1, 0.15) is 40.1 Å². The number of Topliss-reactive ketones (excluding diaryl/α,β-unsaturated/α-hetero) is 1. The maximum absolute atomic E-state index is 12.5. The van der Waals surface area contributed by atoms with Crippen molar-refractivity contribution in [2.45, 2.75) is 19.9 Å². The Kier molecular flexibility index (Phi) is 7.28. The Bertz CT molecular complexity index is 883. The van der Waals surface area contributed by atoms with E-state index in [1.807, 2.05) is 6.07 Å². The quantitative estimate of drug-likeness (QED) is 0.557. The molecule has 0 aliphatic heterocycles. The molecule has 2 aromatic rings. The molecule has 0 aliphatic carbocycles. The highest BCUT2D eigenvalue weighted by molar-refractivity contribution is 6.04. The molecule has 0 saturated heterocycles. The van der Waals surface area contributed by atoms with Gasteiger partial charge in [-0.3, -0.25) is 9.59 Å². The fourth-order valence-electron chi connectivity index (χ4n) is 2.35. The van der Waals surface area contributed by atoms with Gasteiger partial charge in [-0.1, -0.05) is 0 Å². The van der Waals surface area contributed by atoms with E-state index in [0.717, 1.165) is 0 Å². The standard InChI is InChI=1S/C21H20N2O5/c1-3-27-19(24)13-28-18-10-8-16(9-11-18)20(25)14(2)23-21(26)17-6-4-15(12-22)5-7-17/h4-11,14H,3,13H2,1-2H3,(H,23,26)/t14-/m0/s1. The van der Waals surface area contributed by atoms with Crippen LogP contribution in [-0.2, 0) is 9.53 Å². The van der Waals surface area contributed by atoms with E-state index in [1.54, 1.807) is 38.1 Å². The second-order valence-corrected chi connectivity index (χ2v) is 5.87. The third-order valence-corrected chi connectivity index (χ3v) is 3.82. The first-order valence-corrected chi connectivity index (χ1v) is 8.68. The van der Waals surface area contributed by atoms with Crippen LogP contribution in [0, 0.1) is 11.3 Å². The van der Waals surface area contributed by atoms with Crippen molar-refractivity contribution in [2.75, 3.05) is 13.2 Å². The second-order valence-electron chi connectivity index (χ2n) is 5.87. The molecule has 0 radical (unpaired) electrons. The van der Waals surface area contributed by atoms with Gasteiger partial charge >= 0.3 is 5.97 Å². The molecule has 1 amide bonds. The molecule has 0 fully saturated rings. The topological polar surface area (TPSA) is 105 Å². The van der Waals surface area contributed by atoms with Gasteiger partial charge in [0.15, 0.2) is 12.4 Å². The number of nitriles is 1. The van der Waals surface area contributed by atoms with E-state index in [1.165, 1.54) is 24.3 Å². The van der Waals surface area contributed by atoms with E-state index >= 15 is 0 Å². The molecule has 144 valence electrons. The monoisotopic (exact) mass is 380 g/mol. The SMILES string of the molecule is CCOC(=O)COc1ccc(C(=O)[C@H](C)NC(=O)c2ccc(C#N)cc2)cc1. The highest BCUT2D eigenvalue weighted by atomic mass is 16.6. The summed E-state index contributed by atoms with van der Waals surface area (Å²) in [5.41, 5.74) is 1.21. The van der Waals surface area contributed by atoms with Crippen molar-refractivity contribution in [1.82, 2.24) is 5.32 Å². The summed E-state index contributed by atoms with van der Waals surface area (Å²) in [7, 11) is 0. The average Bonchev–Trinajstić information content (AvgIpc) is 2.72. The van der Waals surface area contributed by atoms with E-state index < -0.39 is 17.9 Å². The van der Waals surface area contributed by atoms with Gasteiger partial charge < -0.3 is 14.8 Å². The molecule has 0 aromatic heterocycles. The fraction of sp³-hybridized carbons (Fsp3) is 0.238. The van der Waals surface area contributed by atoms with Crippen LogP contribution in [-0.4, -0.2) is 36.9 Å². The maximum Gasteiger partial charge on any atom is 0.344 e. The van der Waals surface area contributed by atoms with Crippen molar-refractivity contribution in [3.63, 3.8) is 0 Å². The molecule has 0 saturated carbocycles. The van der Waals surface area contributed by atoms with Gasteiger partial charge in [0.2, 0.25) is 0 Å². The van der Waals surface area contributed by atoms with Crippen molar-refractivity contribution in [3.05, 3.63) is 65.2 Å². The predicted octanol–water partition coefficient (Wildman–Crippen LogP) is 2.50. The number of benzene rings is 2. The normalized spacial score (nSPS) is 11.0. The van der Waals surface area contributed by atoms with Crippen molar-refractivity contribution >= 4 is 17.7 Å². The molecule has 7 heteroatoms. The minimum Gasteiger partial charge on any atom is -0.482 e. The fourth-order valence-corrected chi connectivity index (χ4v) is 2.35. The molecule has 28 heavy (non-hydrogen) atoms. The summed E-state index contributed by atoms with van der Waals surface area (Å²) in [6, 6.07) is 13.6. The van der Waals surface area contributed by atoms with Gasteiger partial charge in [0.1, 0.15) is 5.75 Å². The summed E-state index contributed by atoms with van der Waals surface area (Å²) in [6.07, 6.45) is 0. The number of nitrogens with zero attached hydrogens (tertiary/aromatic N) is 1. The van der Waals surface area contributed by atoms with Crippen LogP contribution in [0.4, 0.5) is 0 Å². The number of carbonyl (C=O) groups is 3. The number of amides is 1. The number of ether oxygens (including phenoxy) is 2. The van der Waals surface area contributed by atoms with Crippen molar-refractivity contribution < 1.29 is 23.9 Å². The summed E-state index contributed by atoms with van der Waals surface area (Å²) in [5.74, 6) is -0.709. The molecule has 2 rings (SSSR count). The van der Waals surface area contributed by atoms with Gasteiger partial charge in [0.25, 0.3) is 5.91 Å². The van der Waals surface area contributed by atoms with Gasteiger partial charge in [0.05, 0.1) is 24.3 Å². The molecular formula is C21H20N2O5. The Morgan fingerprint density at radius 2 is 1.64 bits per heavy atom. The number of esters is 1. The van der Waals surface area contributed by atoms with Crippen LogP contribution in [0.3, 0.4) is 0 Å². The van der Waals surface area contributed by atoms with Crippen LogP contribution in [0.5, 0.6) is 5.75 Å². The van der Waals surface area contributed by atoms with Gasteiger partial charge in [-0.2, -0.15) is 5.26 Å². The van der Waals surface area contributed by atoms with Crippen LogP contribution in [0.2, 0.25) is 0 Å². The number of nitrogens with one attached hydrogen (secondary N) is 1. The first kappa shape index (κ1) is 20.6. The van der Waals surface area contributed by atoms with Crippen LogP contribution >= 0.6 is 0 Å². The van der Waals surface area contributed by atoms with Crippen molar-refractivity contribution in [3.8, 4) is 11.8 Å². The Hall–Kier alpha value is -3.66. The highest BCUT2D eigenvalue weighted by Gasteiger charge is 2.18. The largest absolute Gasteiger partial charge is 0.482 e. The van der Waals surface area contributed by atoms with Crippen LogP contribution in [0.15, 0.2) is 48.5 Å². The molecule has 0 unspecified atom stereocenters. The predicted molar refractivity (Wildman–Crippen MR) is 101 cm³/mol. The molecule has 0 spiro atoms. The lowest BCUT2D eigenvalue weighted by Gasteiger charge is -2.13. The van der Waals surface area contributed by atoms with E-state index in [9.17, 15) is 14.4 Å².